The van der Waals surface area contributed by atoms with Crippen molar-refractivity contribution in [1.29, 1.82) is 0 Å². The average Bonchev–Trinajstić information content (AvgIpc) is 2.12. The van der Waals surface area contributed by atoms with Crippen molar-refractivity contribution in [2.75, 3.05) is 26.5 Å². The van der Waals surface area contributed by atoms with Gasteiger partial charge in [0.25, 0.3) is 0 Å². The maximum Gasteiger partial charge on any atom is 0.306 e. The van der Waals surface area contributed by atoms with Crippen LogP contribution in [0.5, 0.6) is 0 Å². The zero-order valence-corrected chi connectivity index (χ0v) is 9.66. The summed E-state index contributed by atoms with van der Waals surface area (Å²) in [6.45, 7) is 5.94. The molecule has 0 spiro atoms. The van der Waals surface area contributed by atoms with E-state index in [1.54, 1.807) is 0 Å². The predicted molar refractivity (Wildman–Crippen MR) is 57.1 cm³/mol. The first-order valence-corrected chi connectivity index (χ1v) is 5.57. The van der Waals surface area contributed by atoms with Crippen LogP contribution in [-0.2, 0) is 9.53 Å². The molecule has 0 amide bonds. The lowest BCUT2D eigenvalue weighted by molar-refractivity contribution is -0.140. The Hall–Kier alpha value is -0.220. The Balaban J connectivity index is 3.41. The quantitative estimate of drug-likeness (QED) is 0.524. The van der Waals surface area contributed by atoms with Gasteiger partial charge in [0.05, 0.1) is 13.5 Å². The number of esters is 1. The number of rotatable bonds is 6. The second-order valence-corrected chi connectivity index (χ2v) is 4.98. The Labute approximate surface area is 84.6 Å². The van der Waals surface area contributed by atoms with E-state index in [9.17, 15) is 4.79 Å². The van der Waals surface area contributed by atoms with E-state index in [1.165, 1.54) is 7.11 Å². The minimum atomic E-state index is -0.158. The lowest BCUT2D eigenvalue weighted by atomic mass is 10.2. The first kappa shape index (κ1) is 12.8. The van der Waals surface area contributed by atoms with Crippen molar-refractivity contribution in [2.45, 2.75) is 25.0 Å². The summed E-state index contributed by atoms with van der Waals surface area (Å²) in [4.78, 5) is 10.7. The molecule has 0 saturated carbocycles. The Bertz CT molecular complexity index is 160. The standard InChI is InChI=1S/C9H19NO2S/c1-9(2,13-4)7-10-6-5-8(11)12-3/h10H,5-7H2,1-4H3. The van der Waals surface area contributed by atoms with E-state index < -0.39 is 0 Å². The summed E-state index contributed by atoms with van der Waals surface area (Å²) in [6.07, 6.45) is 2.53. The van der Waals surface area contributed by atoms with Crippen LogP contribution in [0.15, 0.2) is 0 Å². The van der Waals surface area contributed by atoms with Crippen LogP contribution in [0.1, 0.15) is 20.3 Å². The summed E-state index contributed by atoms with van der Waals surface area (Å²) in [6, 6.07) is 0. The molecule has 1 N–H and O–H groups in total. The molecule has 4 heteroatoms. The third-order valence-corrected chi connectivity index (χ3v) is 3.09. The minimum absolute atomic E-state index is 0.158. The highest BCUT2D eigenvalue weighted by Gasteiger charge is 2.14. The molecule has 3 nitrogen and oxygen atoms in total. The van der Waals surface area contributed by atoms with E-state index in [0.29, 0.717) is 13.0 Å². The number of thioether (sulfide) groups is 1. The fraction of sp³-hybridized carbons (Fsp3) is 0.889. The fourth-order valence-electron chi connectivity index (χ4n) is 0.754. The molecule has 0 aliphatic rings. The maximum atomic E-state index is 10.7. The lowest BCUT2D eigenvalue weighted by Gasteiger charge is -2.22. The van der Waals surface area contributed by atoms with Gasteiger partial charge in [-0.25, -0.2) is 0 Å². The second kappa shape index (κ2) is 6.27. The zero-order valence-electron chi connectivity index (χ0n) is 8.85. The van der Waals surface area contributed by atoms with Crippen LogP contribution in [0.4, 0.5) is 0 Å². The highest BCUT2D eigenvalue weighted by Crippen LogP contribution is 2.19. The van der Waals surface area contributed by atoms with Crippen LogP contribution in [0.2, 0.25) is 0 Å². The fourth-order valence-corrected chi connectivity index (χ4v) is 1.00. The van der Waals surface area contributed by atoms with Gasteiger partial charge in [-0.3, -0.25) is 4.79 Å². The molecule has 0 radical (unpaired) electrons. The van der Waals surface area contributed by atoms with Crippen LogP contribution in [-0.4, -0.2) is 37.2 Å². The predicted octanol–water partition coefficient (Wildman–Crippen LogP) is 1.28. The van der Waals surface area contributed by atoms with Gasteiger partial charge >= 0.3 is 5.97 Å². The molecule has 0 unspecified atom stereocenters. The van der Waals surface area contributed by atoms with Crippen molar-refractivity contribution in [2.24, 2.45) is 0 Å². The van der Waals surface area contributed by atoms with Gasteiger partial charge in [-0.1, -0.05) is 0 Å². The molecular weight excluding hydrogens is 186 g/mol. The highest BCUT2D eigenvalue weighted by atomic mass is 32.2. The normalized spacial score (nSPS) is 11.4. The molecule has 0 aromatic carbocycles. The van der Waals surface area contributed by atoms with Crippen molar-refractivity contribution in [3.8, 4) is 0 Å². The van der Waals surface area contributed by atoms with Crippen LogP contribution in [0.3, 0.4) is 0 Å². The Kier molecular flexibility index (Phi) is 6.16. The summed E-state index contributed by atoms with van der Waals surface area (Å²) in [5.41, 5.74) is 0. The van der Waals surface area contributed by atoms with Gasteiger partial charge in [-0.05, 0) is 20.1 Å². The molecule has 0 atom stereocenters. The first-order valence-electron chi connectivity index (χ1n) is 4.34. The number of nitrogens with one attached hydrogen (secondary N) is 1. The smallest absolute Gasteiger partial charge is 0.306 e. The molecule has 0 heterocycles. The third-order valence-electron chi connectivity index (χ3n) is 1.84. The largest absolute Gasteiger partial charge is 0.469 e. The van der Waals surface area contributed by atoms with Gasteiger partial charge in [0.2, 0.25) is 0 Å². The molecule has 13 heavy (non-hydrogen) atoms. The maximum absolute atomic E-state index is 10.7. The molecule has 0 saturated heterocycles. The van der Waals surface area contributed by atoms with Gasteiger partial charge in [0.1, 0.15) is 0 Å². The van der Waals surface area contributed by atoms with E-state index in [-0.39, 0.29) is 10.7 Å². The first-order chi connectivity index (χ1) is 6.02. The summed E-state index contributed by atoms with van der Waals surface area (Å²) in [5.74, 6) is -0.158. The molecule has 0 aromatic heterocycles. The van der Waals surface area contributed by atoms with Crippen LogP contribution in [0.25, 0.3) is 0 Å². The highest BCUT2D eigenvalue weighted by molar-refractivity contribution is 7.99. The molecular formula is C9H19NO2S. The van der Waals surface area contributed by atoms with Crippen molar-refractivity contribution in [3.63, 3.8) is 0 Å². The molecule has 0 aliphatic carbocycles. The molecule has 0 rings (SSSR count). The summed E-state index contributed by atoms with van der Waals surface area (Å²) < 4.78 is 4.76. The second-order valence-electron chi connectivity index (χ2n) is 3.47. The van der Waals surface area contributed by atoms with Gasteiger partial charge in [-0.15, -0.1) is 0 Å². The Morgan fingerprint density at radius 1 is 1.54 bits per heavy atom. The minimum Gasteiger partial charge on any atom is -0.469 e. The Morgan fingerprint density at radius 2 is 2.15 bits per heavy atom. The summed E-state index contributed by atoms with van der Waals surface area (Å²) in [7, 11) is 1.41. The van der Waals surface area contributed by atoms with Gasteiger partial charge < -0.3 is 10.1 Å². The van der Waals surface area contributed by atoms with Crippen molar-refractivity contribution in [3.05, 3.63) is 0 Å². The van der Waals surface area contributed by atoms with Gasteiger partial charge in [0.15, 0.2) is 0 Å². The topological polar surface area (TPSA) is 38.3 Å². The number of methoxy groups -OCH3 is 1. The SMILES string of the molecule is COC(=O)CCNCC(C)(C)SC. The number of carbonyl (C=O) groups excluding carboxylic acids is 1. The van der Waals surface area contributed by atoms with Crippen LogP contribution >= 0.6 is 11.8 Å². The van der Waals surface area contributed by atoms with E-state index in [4.69, 9.17) is 0 Å². The van der Waals surface area contributed by atoms with Gasteiger partial charge in [0, 0.05) is 17.8 Å². The lowest BCUT2D eigenvalue weighted by Crippen LogP contribution is -2.33. The van der Waals surface area contributed by atoms with E-state index >= 15 is 0 Å². The van der Waals surface area contributed by atoms with Crippen molar-refractivity contribution < 1.29 is 9.53 Å². The van der Waals surface area contributed by atoms with E-state index in [1.807, 2.05) is 11.8 Å². The van der Waals surface area contributed by atoms with Crippen molar-refractivity contribution in [1.82, 2.24) is 5.32 Å². The molecule has 78 valence electrons. The molecule has 0 fully saturated rings. The monoisotopic (exact) mass is 205 g/mol. The van der Waals surface area contributed by atoms with Crippen LogP contribution < -0.4 is 5.32 Å². The number of ether oxygens (including phenoxy) is 1. The van der Waals surface area contributed by atoms with Crippen LogP contribution in [0, 0.1) is 0 Å². The summed E-state index contributed by atoms with van der Waals surface area (Å²) in [5, 5.41) is 3.22. The average molecular weight is 205 g/mol. The number of hydrogen-bond acceptors (Lipinski definition) is 4. The van der Waals surface area contributed by atoms with Gasteiger partial charge in [-0.2, -0.15) is 11.8 Å². The molecule has 0 bridgehead atoms. The summed E-state index contributed by atoms with van der Waals surface area (Å²) >= 11 is 1.81. The molecule has 0 aliphatic heterocycles. The Morgan fingerprint density at radius 3 is 2.62 bits per heavy atom. The van der Waals surface area contributed by atoms with E-state index in [2.05, 4.69) is 30.2 Å². The zero-order chi connectivity index (χ0) is 10.3. The number of carbonyl (C=O) groups is 1. The van der Waals surface area contributed by atoms with Crippen molar-refractivity contribution >= 4 is 17.7 Å². The third kappa shape index (κ3) is 6.90. The molecule has 0 aromatic rings. The van der Waals surface area contributed by atoms with E-state index in [0.717, 1.165) is 6.54 Å². The number of hydrogen-bond donors (Lipinski definition) is 1.